The van der Waals surface area contributed by atoms with E-state index in [0.717, 1.165) is 17.3 Å². The molecule has 6 heteroatoms. The number of halogens is 2. The maximum Gasteiger partial charge on any atom is 0.266 e. The summed E-state index contributed by atoms with van der Waals surface area (Å²) in [5, 5.41) is 11.9. The molecule has 0 radical (unpaired) electrons. The van der Waals surface area contributed by atoms with E-state index in [9.17, 15) is 14.4 Å². The highest BCUT2D eigenvalue weighted by molar-refractivity contribution is 9.10. The van der Waals surface area contributed by atoms with Gasteiger partial charge in [-0.2, -0.15) is 5.26 Å². The Kier molecular flexibility index (Phi) is 7.37. The minimum Gasteiger partial charge on any atom is -0.493 e. The summed E-state index contributed by atoms with van der Waals surface area (Å²) in [5.74, 6) is -0.371. The molecule has 0 fully saturated rings. The molecule has 0 aliphatic heterocycles. The first-order valence-corrected chi connectivity index (χ1v) is 8.94. The highest BCUT2D eigenvalue weighted by Gasteiger charge is 2.12. The van der Waals surface area contributed by atoms with Gasteiger partial charge in [-0.15, -0.1) is 0 Å². The van der Waals surface area contributed by atoms with Crippen molar-refractivity contribution < 1.29 is 13.9 Å². The number of carbonyl (C=O) groups excluding carboxylic acids is 1. The summed E-state index contributed by atoms with van der Waals surface area (Å²) < 4.78 is 19.5. The third kappa shape index (κ3) is 5.71. The number of amides is 1. The maximum atomic E-state index is 13.0. The summed E-state index contributed by atoms with van der Waals surface area (Å²) in [5.41, 5.74) is 0.959. The number of nitriles is 1. The van der Waals surface area contributed by atoms with Crippen LogP contribution in [-0.4, -0.2) is 12.5 Å². The topological polar surface area (TPSA) is 62.1 Å². The number of nitrogens with one attached hydrogen (secondary N) is 1. The Balaban J connectivity index is 2.24. The summed E-state index contributed by atoms with van der Waals surface area (Å²) in [6.07, 6.45) is 3.39. The van der Waals surface area contributed by atoms with Gasteiger partial charge in [-0.3, -0.25) is 4.79 Å². The first-order valence-electron chi connectivity index (χ1n) is 8.14. The van der Waals surface area contributed by atoms with E-state index < -0.39 is 11.7 Å². The van der Waals surface area contributed by atoms with Crippen LogP contribution in [0.2, 0.25) is 0 Å². The molecule has 26 heavy (non-hydrogen) atoms. The number of hydrogen-bond donors (Lipinski definition) is 1. The van der Waals surface area contributed by atoms with Gasteiger partial charge in [-0.25, -0.2) is 4.39 Å². The zero-order valence-corrected chi connectivity index (χ0v) is 15.8. The molecular weight excluding hydrogens is 399 g/mol. The first kappa shape index (κ1) is 19.7. The van der Waals surface area contributed by atoms with E-state index in [4.69, 9.17) is 4.74 Å². The third-order valence-corrected chi connectivity index (χ3v) is 3.99. The van der Waals surface area contributed by atoms with Gasteiger partial charge in [-0.05, 0) is 55.0 Å². The van der Waals surface area contributed by atoms with Crippen LogP contribution in [-0.2, 0) is 4.79 Å². The van der Waals surface area contributed by atoms with E-state index in [0.29, 0.717) is 23.6 Å². The van der Waals surface area contributed by atoms with Crippen LogP contribution in [0.25, 0.3) is 6.08 Å². The van der Waals surface area contributed by atoms with Gasteiger partial charge in [0.25, 0.3) is 5.91 Å². The van der Waals surface area contributed by atoms with E-state index in [2.05, 4.69) is 28.2 Å². The van der Waals surface area contributed by atoms with Crippen molar-refractivity contribution in [1.29, 1.82) is 5.26 Å². The molecule has 1 amide bonds. The Morgan fingerprint density at radius 2 is 2.04 bits per heavy atom. The lowest BCUT2D eigenvalue weighted by Gasteiger charge is -2.10. The first-order chi connectivity index (χ1) is 12.5. The molecule has 0 aliphatic carbocycles. The van der Waals surface area contributed by atoms with Gasteiger partial charge in [0, 0.05) is 15.7 Å². The molecule has 0 heterocycles. The van der Waals surface area contributed by atoms with Gasteiger partial charge >= 0.3 is 0 Å². The number of unbranched alkanes of at least 4 members (excludes halogenated alkanes) is 1. The molecule has 4 nitrogen and oxygen atoms in total. The van der Waals surface area contributed by atoms with Gasteiger partial charge in [0.2, 0.25) is 0 Å². The second-order valence-electron chi connectivity index (χ2n) is 5.51. The molecule has 0 spiro atoms. The summed E-state index contributed by atoms with van der Waals surface area (Å²) in [4.78, 5) is 12.3. The lowest BCUT2D eigenvalue weighted by atomic mass is 10.1. The molecule has 0 saturated heterocycles. The number of ether oxygens (including phenoxy) is 1. The van der Waals surface area contributed by atoms with Gasteiger partial charge in [0.1, 0.15) is 23.2 Å². The van der Waals surface area contributed by atoms with E-state index in [-0.39, 0.29) is 5.57 Å². The molecule has 0 bridgehead atoms. The van der Waals surface area contributed by atoms with Crippen molar-refractivity contribution in [3.63, 3.8) is 0 Å². The van der Waals surface area contributed by atoms with E-state index in [1.807, 2.05) is 12.1 Å². The maximum absolute atomic E-state index is 13.0. The van der Waals surface area contributed by atoms with Crippen molar-refractivity contribution in [3.8, 4) is 11.8 Å². The average Bonchev–Trinajstić information content (AvgIpc) is 2.63. The second-order valence-corrected chi connectivity index (χ2v) is 6.43. The zero-order chi connectivity index (χ0) is 18.9. The average molecular weight is 417 g/mol. The normalized spacial score (nSPS) is 10.9. The van der Waals surface area contributed by atoms with Crippen molar-refractivity contribution in [2.24, 2.45) is 0 Å². The van der Waals surface area contributed by atoms with Crippen LogP contribution >= 0.6 is 15.9 Å². The van der Waals surface area contributed by atoms with Gasteiger partial charge in [0.15, 0.2) is 0 Å². The summed E-state index contributed by atoms with van der Waals surface area (Å²) in [6.45, 7) is 2.63. The predicted molar refractivity (Wildman–Crippen MR) is 103 cm³/mol. The number of hydrogen-bond acceptors (Lipinski definition) is 3. The fourth-order valence-corrected chi connectivity index (χ4v) is 2.50. The molecule has 134 valence electrons. The van der Waals surface area contributed by atoms with Crippen LogP contribution in [0.5, 0.6) is 5.75 Å². The number of benzene rings is 2. The Hall–Kier alpha value is -2.65. The summed E-state index contributed by atoms with van der Waals surface area (Å²) >= 11 is 3.38. The highest BCUT2D eigenvalue weighted by Crippen LogP contribution is 2.26. The quantitative estimate of drug-likeness (QED) is 0.377. The van der Waals surface area contributed by atoms with Crippen LogP contribution in [0.1, 0.15) is 25.3 Å². The molecule has 0 saturated carbocycles. The molecule has 2 rings (SSSR count). The molecular formula is C20H18BrFN2O2. The Morgan fingerprint density at radius 3 is 2.69 bits per heavy atom. The smallest absolute Gasteiger partial charge is 0.266 e. The molecule has 1 N–H and O–H groups in total. The minimum absolute atomic E-state index is 0.0761. The Labute approximate surface area is 160 Å². The van der Waals surface area contributed by atoms with Crippen molar-refractivity contribution in [2.75, 3.05) is 11.9 Å². The fourth-order valence-electron chi connectivity index (χ4n) is 2.13. The largest absolute Gasteiger partial charge is 0.493 e. The third-order valence-electron chi connectivity index (χ3n) is 3.49. The SMILES string of the molecule is CCCCOc1ccc(Br)cc1C=C(C#N)C(=O)Nc1ccc(F)cc1. The van der Waals surface area contributed by atoms with Crippen molar-refractivity contribution in [1.82, 2.24) is 0 Å². The number of rotatable bonds is 7. The summed E-state index contributed by atoms with van der Waals surface area (Å²) in [7, 11) is 0. The fraction of sp³-hybridized carbons (Fsp3) is 0.200. The molecule has 2 aromatic carbocycles. The standard InChI is InChI=1S/C20H18BrFN2O2/c1-2-3-10-26-19-9-4-16(21)12-14(19)11-15(13-23)20(25)24-18-7-5-17(22)6-8-18/h4-9,11-12H,2-3,10H2,1H3,(H,24,25). The monoisotopic (exact) mass is 416 g/mol. The van der Waals surface area contributed by atoms with Crippen molar-refractivity contribution >= 4 is 33.6 Å². The Morgan fingerprint density at radius 1 is 1.31 bits per heavy atom. The molecule has 2 aromatic rings. The van der Waals surface area contributed by atoms with Gasteiger partial charge in [0.05, 0.1) is 6.61 Å². The highest BCUT2D eigenvalue weighted by atomic mass is 79.9. The van der Waals surface area contributed by atoms with E-state index >= 15 is 0 Å². The molecule has 0 atom stereocenters. The van der Waals surface area contributed by atoms with Crippen LogP contribution < -0.4 is 10.1 Å². The number of carbonyl (C=O) groups is 1. The van der Waals surface area contributed by atoms with Crippen LogP contribution in [0.4, 0.5) is 10.1 Å². The van der Waals surface area contributed by atoms with Crippen LogP contribution in [0, 0.1) is 17.1 Å². The minimum atomic E-state index is -0.571. The number of anilines is 1. The van der Waals surface area contributed by atoms with Crippen molar-refractivity contribution in [3.05, 3.63) is 63.9 Å². The van der Waals surface area contributed by atoms with Gasteiger partial charge in [-0.1, -0.05) is 29.3 Å². The van der Waals surface area contributed by atoms with E-state index in [1.165, 1.54) is 30.3 Å². The zero-order valence-electron chi connectivity index (χ0n) is 14.3. The van der Waals surface area contributed by atoms with Crippen molar-refractivity contribution in [2.45, 2.75) is 19.8 Å². The molecule has 0 unspecified atom stereocenters. The number of nitrogens with zero attached hydrogens (tertiary/aromatic N) is 1. The Bertz CT molecular complexity index is 842. The summed E-state index contributed by atoms with van der Waals surface area (Å²) in [6, 6.07) is 12.6. The van der Waals surface area contributed by atoms with E-state index in [1.54, 1.807) is 12.1 Å². The second kappa shape index (κ2) is 9.73. The van der Waals surface area contributed by atoms with Crippen LogP contribution in [0.3, 0.4) is 0 Å². The molecule has 0 aliphatic rings. The van der Waals surface area contributed by atoms with Crippen LogP contribution in [0.15, 0.2) is 52.5 Å². The predicted octanol–water partition coefficient (Wildman–Crippen LogP) is 5.31. The lowest BCUT2D eigenvalue weighted by molar-refractivity contribution is -0.112. The lowest BCUT2D eigenvalue weighted by Crippen LogP contribution is -2.13. The van der Waals surface area contributed by atoms with Gasteiger partial charge < -0.3 is 10.1 Å². The molecule has 0 aromatic heterocycles.